The van der Waals surface area contributed by atoms with Crippen molar-refractivity contribution < 1.29 is 13.7 Å². The number of aromatic amines is 1. The van der Waals surface area contributed by atoms with Gasteiger partial charge in [-0.3, -0.25) is 15.2 Å². The number of nitrogens with zero attached hydrogens (tertiary/aromatic N) is 3. The smallest absolute Gasteiger partial charge is 0.305 e. The second-order valence-corrected chi connectivity index (χ2v) is 3.69. The van der Waals surface area contributed by atoms with E-state index in [9.17, 15) is 18.9 Å². The van der Waals surface area contributed by atoms with E-state index in [1.807, 2.05) is 0 Å². The number of halogens is 2. The third-order valence-corrected chi connectivity index (χ3v) is 2.39. The first kappa shape index (κ1) is 13.0. The topological polar surface area (TPSA) is 96.7 Å². The van der Waals surface area contributed by atoms with Gasteiger partial charge in [0.2, 0.25) is 5.82 Å². The fraction of sp³-hybridized carbons (Fsp3) is 0.200. The zero-order valence-corrected chi connectivity index (χ0v) is 9.56. The molecule has 0 fully saturated rings. The van der Waals surface area contributed by atoms with Crippen LogP contribution in [0.3, 0.4) is 0 Å². The molecule has 2 rings (SSSR count). The van der Waals surface area contributed by atoms with Crippen LogP contribution in [0, 0.1) is 21.7 Å². The molecule has 0 unspecified atom stereocenters. The summed E-state index contributed by atoms with van der Waals surface area (Å²) in [5, 5.41) is 19.6. The van der Waals surface area contributed by atoms with Crippen LogP contribution in [-0.2, 0) is 13.1 Å². The Morgan fingerprint density at radius 2 is 2.11 bits per heavy atom. The Kier molecular flexibility index (Phi) is 3.76. The van der Waals surface area contributed by atoms with Gasteiger partial charge in [-0.1, -0.05) is 0 Å². The zero-order valence-electron chi connectivity index (χ0n) is 9.56. The zero-order chi connectivity index (χ0) is 13.8. The van der Waals surface area contributed by atoms with Crippen molar-refractivity contribution in [3.63, 3.8) is 0 Å². The molecular weight excluding hydrogens is 260 g/mol. The minimum absolute atomic E-state index is 0.00705. The highest BCUT2D eigenvalue weighted by atomic mass is 19.1. The highest BCUT2D eigenvalue weighted by Crippen LogP contribution is 2.21. The summed E-state index contributed by atoms with van der Waals surface area (Å²) in [5.41, 5.74) is -0.745. The number of H-pyrrole nitrogens is 1. The molecule has 0 saturated heterocycles. The molecule has 0 radical (unpaired) electrons. The molecule has 0 amide bonds. The van der Waals surface area contributed by atoms with Crippen LogP contribution < -0.4 is 5.32 Å². The maximum Gasteiger partial charge on any atom is 0.305 e. The lowest BCUT2D eigenvalue weighted by Gasteiger charge is -2.05. The first-order valence-electron chi connectivity index (χ1n) is 5.25. The summed E-state index contributed by atoms with van der Waals surface area (Å²) in [6, 6.07) is 1.38. The van der Waals surface area contributed by atoms with Gasteiger partial charge in [-0.05, 0) is 0 Å². The summed E-state index contributed by atoms with van der Waals surface area (Å²) in [5.74, 6) is -1.49. The number of aromatic nitrogens is 3. The highest BCUT2D eigenvalue weighted by molar-refractivity contribution is 5.37. The fourth-order valence-corrected chi connectivity index (χ4v) is 1.49. The first-order valence-corrected chi connectivity index (χ1v) is 5.25. The van der Waals surface area contributed by atoms with Crippen molar-refractivity contribution in [1.29, 1.82) is 0 Å². The average Bonchev–Trinajstić information content (AvgIpc) is 2.84. The Bertz CT molecular complexity index is 588. The Morgan fingerprint density at radius 1 is 1.32 bits per heavy atom. The number of hydrogen-bond acceptors (Lipinski definition) is 5. The van der Waals surface area contributed by atoms with Gasteiger partial charge >= 0.3 is 5.69 Å². The lowest BCUT2D eigenvalue weighted by atomic mass is 10.2. The van der Waals surface area contributed by atoms with Gasteiger partial charge in [0.05, 0.1) is 11.5 Å². The van der Waals surface area contributed by atoms with Gasteiger partial charge in [-0.25, -0.2) is 9.37 Å². The molecule has 0 aliphatic rings. The van der Waals surface area contributed by atoms with Crippen molar-refractivity contribution in [3.8, 4) is 0 Å². The quantitative estimate of drug-likeness (QED) is 0.629. The van der Waals surface area contributed by atoms with Crippen LogP contribution in [0.1, 0.15) is 11.4 Å². The Labute approximate surface area is 105 Å². The fourth-order valence-electron chi connectivity index (χ4n) is 1.49. The molecular formula is C10H9F2N5O2. The molecule has 0 saturated carbocycles. The Morgan fingerprint density at radius 3 is 2.74 bits per heavy atom. The van der Waals surface area contributed by atoms with Gasteiger partial charge in [0.15, 0.2) is 0 Å². The number of rotatable bonds is 5. The summed E-state index contributed by atoms with van der Waals surface area (Å²) < 4.78 is 26.5. The van der Waals surface area contributed by atoms with Gasteiger partial charge in [0, 0.05) is 24.2 Å². The van der Waals surface area contributed by atoms with E-state index in [-0.39, 0.29) is 18.7 Å². The summed E-state index contributed by atoms with van der Waals surface area (Å²) in [4.78, 5) is 13.5. The number of nitro benzene ring substituents is 1. The third kappa shape index (κ3) is 3.07. The van der Waals surface area contributed by atoms with Gasteiger partial charge in [0.25, 0.3) is 0 Å². The van der Waals surface area contributed by atoms with Gasteiger partial charge in [-0.2, -0.15) is 9.49 Å². The van der Waals surface area contributed by atoms with E-state index < -0.39 is 22.2 Å². The summed E-state index contributed by atoms with van der Waals surface area (Å²) >= 11 is 0. The number of nitrogens with one attached hydrogen (secondary N) is 2. The molecule has 0 atom stereocenters. The molecule has 0 bridgehead atoms. The van der Waals surface area contributed by atoms with E-state index in [0.29, 0.717) is 11.9 Å². The third-order valence-electron chi connectivity index (χ3n) is 2.39. The average molecular weight is 269 g/mol. The van der Waals surface area contributed by atoms with Crippen molar-refractivity contribution in [2.75, 3.05) is 0 Å². The van der Waals surface area contributed by atoms with Crippen LogP contribution >= 0.6 is 0 Å². The predicted molar refractivity (Wildman–Crippen MR) is 59.9 cm³/mol. The van der Waals surface area contributed by atoms with Crippen molar-refractivity contribution >= 4 is 5.69 Å². The lowest BCUT2D eigenvalue weighted by Crippen LogP contribution is -2.15. The Balaban J connectivity index is 2.07. The van der Waals surface area contributed by atoms with Crippen LogP contribution in [0.5, 0.6) is 0 Å². The van der Waals surface area contributed by atoms with Gasteiger partial charge in [0.1, 0.15) is 18.0 Å². The standard InChI is InChI=1S/C10H9F2N5O2/c11-7-2-8(12)9(17(18)19)1-6(7)3-13-4-10-14-5-15-16-10/h1-2,5,13H,3-4H2,(H,14,15,16). The summed E-state index contributed by atoms with van der Waals surface area (Å²) in [6.07, 6.45) is 1.32. The molecule has 1 heterocycles. The molecule has 19 heavy (non-hydrogen) atoms. The van der Waals surface area contributed by atoms with E-state index >= 15 is 0 Å². The van der Waals surface area contributed by atoms with E-state index in [2.05, 4.69) is 20.5 Å². The molecule has 1 aromatic carbocycles. The monoisotopic (exact) mass is 269 g/mol. The van der Waals surface area contributed by atoms with Gasteiger partial charge in [-0.15, -0.1) is 0 Å². The van der Waals surface area contributed by atoms with E-state index in [0.717, 1.165) is 6.07 Å². The van der Waals surface area contributed by atoms with Crippen LogP contribution in [-0.4, -0.2) is 20.1 Å². The largest absolute Gasteiger partial charge is 0.306 e. The minimum atomic E-state index is -1.19. The molecule has 100 valence electrons. The molecule has 2 aromatic rings. The molecule has 0 spiro atoms. The SMILES string of the molecule is O=[N+]([O-])c1cc(CNCc2ncn[nH]2)c(F)cc1F. The van der Waals surface area contributed by atoms with E-state index in [1.165, 1.54) is 6.33 Å². The van der Waals surface area contributed by atoms with Gasteiger partial charge < -0.3 is 5.32 Å². The maximum absolute atomic E-state index is 13.4. The number of nitro groups is 1. The van der Waals surface area contributed by atoms with Crippen molar-refractivity contribution in [1.82, 2.24) is 20.5 Å². The second-order valence-electron chi connectivity index (χ2n) is 3.69. The first-order chi connectivity index (χ1) is 9.08. The highest BCUT2D eigenvalue weighted by Gasteiger charge is 2.18. The Hall–Kier alpha value is -2.42. The van der Waals surface area contributed by atoms with E-state index in [1.54, 1.807) is 0 Å². The van der Waals surface area contributed by atoms with Crippen LogP contribution in [0.25, 0.3) is 0 Å². The second kappa shape index (κ2) is 5.48. The van der Waals surface area contributed by atoms with Crippen molar-refractivity contribution in [2.45, 2.75) is 13.1 Å². The normalized spacial score (nSPS) is 10.6. The maximum atomic E-state index is 13.4. The van der Waals surface area contributed by atoms with Crippen molar-refractivity contribution in [2.24, 2.45) is 0 Å². The van der Waals surface area contributed by atoms with Crippen LogP contribution in [0.4, 0.5) is 14.5 Å². The summed E-state index contributed by atoms with van der Waals surface area (Å²) in [6.45, 7) is 0.290. The number of hydrogen-bond donors (Lipinski definition) is 2. The van der Waals surface area contributed by atoms with E-state index in [4.69, 9.17) is 0 Å². The molecule has 0 aliphatic heterocycles. The van der Waals surface area contributed by atoms with Crippen molar-refractivity contribution in [3.05, 3.63) is 51.6 Å². The predicted octanol–water partition coefficient (Wildman–Crippen LogP) is 1.28. The molecule has 0 aliphatic carbocycles. The molecule has 9 heteroatoms. The number of benzene rings is 1. The molecule has 2 N–H and O–H groups in total. The molecule has 1 aromatic heterocycles. The van der Waals surface area contributed by atoms with Crippen LogP contribution in [0.2, 0.25) is 0 Å². The minimum Gasteiger partial charge on any atom is -0.306 e. The van der Waals surface area contributed by atoms with Crippen LogP contribution in [0.15, 0.2) is 18.5 Å². The lowest BCUT2D eigenvalue weighted by molar-refractivity contribution is -0.387. The molecule has 7 nitrogen and oxygen atoms in total. The summed E-state index contributed by atoms with van der Waals surface area (Å²) in [7, 11) is 0.